The van der Waals surface area contributed by atoms with Gasteiger partial charge in [0.1, 0.15) is 5.75 Å². The lowest BCUT2D eigenvalue weighted by Gasteiger charge is -2.19. The van der Waals surface area contributed by atoms with Crippen LogP contribution in [0.15, 0.2) is 6.07 Å². The molecule has 1 fully saturated rings. The van der Waals surface area contributed by atoms with Crippen molar-refractivity contribution in [3.8, 4) is 17.2 Å². The van der Waals surface area contributed by atoms with E-state index in [1.165, 1.54) is 0 Å². The van der Waals surface area contributed by atoms with Gasteiger partial charge in [-0.2, -0.15) is 0 Å². The van der Waals surface area contributed by atoms with E-state index in [-0.39, 0.29) is 28.7 Å². The van der Waals surface area contributed by atoms with Gasteiger partial charge in [0, 0.05) is 17.5 Å². The van der Waals surface area contributed by atoms with Crippen LogP contribution in [0.1, 0.15) is 30.7 Å². The molecular weight excluding hydrogens is 260 g/mol. The van der Waals surface area contributed by atoms with E-state index in [0.717, 1.165) is 18.9 Å². The van der Waals surface area contributed by atoms with Crippen LogP contribution in [0.2, 0.25) is 5.02 Å². The van der Waals surface area contributed by atoms with Crippen LogP contribution >= 0.6 is 11.6 Å². The summed E-state index contributed by atoms with van der Waals surface area (Å²) in [5.41, 5.74) is 0.124. The summed E-state index contributed by atoms with van der Waals surface area (Å²) in [5.74, 6) is -2.69. The summed E-state index contributed by atoms with van der Waals surface area (Å²) >= 11 is 5.91. The molecule has 0 aromatic heterocycles. The molecule has 6 heteroatoms. The predicted molar refractivity (Wildman–Crippen MR) is 64.2 cm³/mol. The molecule has 4 N–H and O–H groups in total. The minimum Gasteiger partial charge on any atom is -0.506 e. The van der Waals surface area contributed by atoms with E-state index in [2.05, 4.69) is 0 Å². The Bertz CT molecular complexity index is 469. The number of aromatic hydroxyl groups is 3. The molecule has 18 heavy (non-hydrogen) atoms. The quantitative estimate of drug-likeness (QED) is 0.498. The number of phenols is 3. The molecule has 1 aliphatic rings. The summed E-state index contributed by atoms with van der Waals surface area (Å²) in [7, 11) is 0. The van der Waals surface area contributed by atoms with Crippen molar-refractivity contribution in [3.63, 3.8) is 0 Å². The van der Waals surface area contributed by atoms with Gasteiger partial charge in [-0.25, -0.2) is 0 Å². The van der Waals surface area contributed by atoms with Crippen molar-refractivity contribution in [2.45, 2.75) is 25.2 Å². The highest BCUT2D eigenvalue weighted by atomic mass is 35.5. The van der Waals surface area contributed by atoms with E-state index in [1.807, 2.05) is 0 Å². The lowest BCUT2D eigenvalue weighted by atomic mass is 9.89. The molecule has 1 aromatic carbocycles. The minimum atomic E-state index is -1.01. The Morgan fingerprint density at radius 2 is 1.94 bits per heavy atom. The Kier molecular flexibility index (Phi) is 3.26. The number of rotatable bonds is 4. The van der Waals surface area contributed by atoms with Crippen LogP contribution < -0.4 is 0 Å². The molecule has 1 unspecified atom stereocenters. The summed E-state index contributed by atoms with van der Waals surface area (Å²) in [6.45, 7) is 0. The van der Waals surface area contributed by atoms with Crippen molar-refractivity contribution in [1.82, 2.24) is 0 Å². The molecule has 0 heterocycles. The second kappa shape index (κ2) is 4.57. The molecule has 1 aromatic rings. The molecule has 1 atom stereocenters. The van der Waals surface area contributed by atoms with Crippen molar-refractivity contribution >= 4 is 17.6 Å². The van der Waals surface area contributed by atoms with Gasteiger partial charge in [0.25, 0.3) is 0 Å². The molecule has 0 amide bonds. The SMILES string of the molecule is O=C(O)CC(c1c(O)c(O)cc(O)c1Cl)C1CC1. The molecule has 0 bridgehead atoms. The first-order chi connectivity index (χ1) is 8.41. The zero-order valence-electron chi connectivity index (χ0n) is 9.43. The minimum absolute atomic E-state index is 0.0940. The number of hydrogen-bond acceptors (Lipinski definition) is 4. The van der Waals surface area contributed by atoms with E-state index in [0.29, 0.717) is 0 Å². The van der Waals surface area contributed by atoms with E-state index >= 15 is 0 Å². The lowest BCUT2D eigenvalue weighted by molar-refractivity contribution is -0.137. The van der Waals surface area contributed by atoms with Gasteiger partial charge in [-0.1, -0.05) is 11.6 Å². The van der Waals surface area contributed by atoms with Crippen molar-refractivity contribution < 1.29 is 25.2 Å². The second-order valence-corrected chi connectivity index (χ2v) is 4.91. The van der Waals surface area contributed by atoms with Crippen LogP contribution in [0.3, 0.4) is 0 Å². The molecule has 5 nitrogen and oxygen atoms in total. The van der Waals surface area contributed by atoms with Gasteiger partial charge in [0.15, 0.2) is 11.5 Å². The number of aliphatic carboxylic acids is 1. The lowest BCUT2D eigenvalue weighted by Crippen LogP contribution is -2.09. The van der Waals surface area contributed by atoms with Gasteiger partial charge in [-0.15, -0.1) is 0 Å². The molecule has 1 aliphatic carbocycles. The third-order valence-corrected chi connectivity index (χ3v) is 3.59. The standard InChI is InChI=1S/C12H13ClO5/c13-11-7(14)4-8(15)12(18)10(11)6(3-9(16)17)5-1-2-5/h4-6,14-15,18H,1-3H2,(H,16,17). The van der Waals surface area contributed by atoms with Crippen molar-refractivity contribution in [2.24, 2.45) is 5.92 Å². The molecule has 98 valence electrons. The molecule has 1 saturated carbocycles. The number of phenolic OH excluding ortho intramolecular Hbond substituents is 3. The Morgan fingerprint density at radius 3 is 2.44 bits per heavy atom. The molecule has 0 radical (unpaired) electrons. The van der Waals surface area contributed by atoms with Crippen molar-refractivity contribution in [1.29, 1.82) is 0 Å². The predicted octanol–water partition coefficient (Wildman–Crippen LogP) is 2.43. The summed E-state index contributed by atoms with van der Waals surface area (Å²) in [6, 6.07) is 0.936. The summed E-state index contributed by atoms with van der Waals surface area (Å²) in [4.78, 5) is 10.9. The molecule has 0 saturated heterocycles. The van der Waals surface area contributed by atoms with E-state index in [1.54, 1.807) is 0 Å². The fourth-order valence-corrected chi connectivity index (χ4v) is 2.45. The third kappa shape index (κ3) is 2.31. The maximum Gasteiger partial charge on any atom is 0.303 e. The van der Waals surface area contributed by atoms with Crippen LogP contribution in [0, 0.1) is 5.92 Å². The van der Waals surface area contributed by atoms with Gasteiger partial charge < -0.3 is 20.4 Å². The fourth-order valence-electron chi connectivity index (χ4n) is 2.17. The number of hydrogen-bond donors (Lipinski definition) is 4. The fraction of sp³-hybridized carbons (Fsp3) is 0.417. The number of benzene rings is 1. The summed E-state index contributed by atoms with van der Waals surface area (Å²) in [5, 5.41) is 37.6. The normalized spacial score (nSPS) is 16.5. The topological polar surface area (TPSA) is 98.0 Å². The number of carboxylic acids is 1. The van der Waals surface area contributed by atoms with Gasteiger partial charge in [-0.05, 0) is 18.8 Å². The van der Waals surface area contributed by atoms with Gasteiger partial charge in [-0.3, -0.25) is 4.79 Å². The van der Waals surface area contributed by atoms with E-state index < -0.39 is 23.4 Å². The highest BCUT2D eigenvalue weighted by Gasteiger charge is 2.37. The highest BCUT2D eigenvalue weighted by molar-refractivity contribution is 6.33. The van der Waals surface area contributed by atoms with Gasteiger partial charge in [0.05, 0.1) is 11.4 Å². The largest absolute Gasteiger partial charge is 0.506 e. The maximum absolute atomic E-state index is 10.9. The monoisotopic (exact) mass is 272 g/mol. The van der Waals surface area contributed by atoms with Crippen LogP contribution in [0.4, 0.5) is 0 Å². The van der Waals surface area contributed by atoms with Crippen LogP contribution in [0.25, 0.3) is 0 Å². The molecular formula is C12H13ClO5. The van der Waals surface area contributed by atoms with Crippen molar-refractivity contribution in [3.05, 3.63) is 16.7 Å². The van der Waals surface area contributed by atoms with Crippen LogP contribution in [0.5, 0.6) is 17.2 Å². The third-order valence-electron chi connectivity index (χ3n) is 3.19. The first kappa shape index (κ1) is 12.8. The number of carboxylic acid groups (broad SMARTS) is 1. The smallest absolute Gasteiger partial charge is 0.303 e. The zero-order chi connectivity index (χ0) is 13.4. The Labute approximate surface area is 108 Å². The Hall–Kier alpha value is -1.62. The highest BCUT2D eigenvalue weighted by Crippen LogP contribution is 2.52. The Balaban J connectivity index is 2.49. The molecule has 0 aliphatic heterocycles. The van der Waals surface area contributed by atoms with Crippen molar-refractivity contribution in [2.75, 3.05) is 0 Å². The summed E-state index contributed by atoms with van der Waals surface area (Å²) < 4.78 is 0. The first-order valence-corrected chi connectivity index (χ1v) is 5.94. The average Bonchev–Trinajstić information content (AvgIpc) is 3.08. The van der Waals surface area contributed by atoms with E-state index in [4.69, 9.17) is 16.7 Å². The van der Waals surface area contributed by atoms with Crippen LogP contribution in [-0.2, 0) is 4.79 Å². The van der Waals surface area contributed by atoms with E-state index in [9.17, 15) is 20.1 Å². The zero-order valence-corrected chi connectivity index (χ0v) is 10.2. The van der Waals surface area contributed by atoms with Crippen LogP contribution in [-0.4, -0.2) is 26.4 Å². The summed E-state index contributed by atoms with van der Waals surface area (Å²) in [6.07, 6.45) is 1.51. The first-order valence-electron chi connectivity index (χ1n) is 5.57. The Morgan fingerprint density at radius 1 is 1.33 bits per heavy atom. The number of halogens is 1. The number of carbonyl (C=O) groups is 1. The average molecular weight is 273 g/mol. The molecule has 2 rings (SSSR count). The second-order valence-electron chi connectivity index (χ2n) is 4.53. The van der Waals surface area contributed by atoms with Gasteiger partial charge in [0.2, 0.25) is 0 Å². The van der Waals surface area contributed by atoms with Gasteiger partial charge >= 0.3 is 5.97 Å². The molecule has 0 spiro atoms. The maximum atomic E-state index is 10.9.